The van der Waals surface area contributed by atoms with E-state index in [1.54, 1.807) is 0 Å². The van der Waals surface area contributed by atoms with Crippen LogP contribution in [0.4, 0.5) is 0 Å². The van der Waals surface area contributed by atoms with E-state index in [2.05, 4.69) is 36.2 Å². The van der Waals surface area contributed by atoms with Gasteiger partial charge >= 0.3 is 0 Å². The zero-order valence-electron chi connectivity index (χ0n) is 11.8. The van der Waals surface area contributed by atoms with Crippen molar-refractivity contribution in [1.82, 2.24) is 4.90 Å². The molecule has 0 unspecified atom stereocenters. The molecule has 1 aromatic carbocycles. The lowest BCUT2D eigenvalue weighted by Gasteiger charge is -2.19. The van der Waals surface area contributed by atoms with Gasteiger partial charge in [0.2, 0.25) is 5.91 Å². The Bertz CT molecular complexity index is 390. The molecule has 3 N–H and O–H groups in total. The molecule has 1 aliphatic rings. The topological polar surface area (TPSA) is 66.6 Å². The van der Waals surface area contributed by atoms with E-state index in [1.165, 1.54) is 30.5 Å². The summed E-state index contributed by atoms with van der Waals surface area (Å²) in [6.45, 7) is 1.19. The molecular weight excluding hydrogens is 240 g/mol. The number of carbonyl (C=O) groups excluding carboxylic acids is 1. The quantitative estimate of drug-likeness (QED) is 0.865. The first kappa shape index (κ1) is 15.7. The van der Waals surface area contributed by atoms with E-state index < -0.39 is 0 Å². The molecule has 1 aliphatic heterocycles. The number of hydrogen-bond acceptors (Lipinski definition) is 3. The molecule has 4 heteroatoms. The second-order valence-corrected chi connectivity index (χ2v) is 4.85. The molecule has 4 nitrogen and oxygen atoms in total. The maximum absolute atomic E-state index is 10.7. The van der Waals surface area contributed by atoms with Crippen LogP contribution in [0.15, 0.2) is 24.3 Å². The highest BCUT2D eigenvalue weighted by atomic mass is 16.2. The summed E-state index contributed by atoms with van der Waals surface area (Å²) < 4.78 is 0. The van der Waals surface area contributed by atoms with Crippen molar-refractivity contribution in [2.24, 2.45) is 5.73 Å². The summed E-state index contributed by atoms with van der Waals surface area (Å²) in [6, 6.07) is 9.17. The van der Waals surface area contributed by atoms with Gasteiger partial charge in [-0.2, -0.15) is 0 Å². The summed E-state index contributed by atoms with van der Waals surface area (Å²) in [6.07, 6.45) is 3.71. The van der Waals surface area contributed by atoms with E-state index in [4.69, 9.17) is 10.8 Å². The summed E-state index contributed by atoms with van der Waals surface area (Å²) in [4.78, 5) is 13.1. The SMILES string of the molecule is CN1CCC[C@@H]1c1ccc(CCC(N)=O)cc1.CO. The van der Waals surface area contributed by atoms with Gasteiger partial charge in [-0.05, 0) is 44.0 Å². The number of nitrogens with zero attached hydrogens (tertiary/aromatic N) is 1. The van der Waals surface area contributed by atoms with Gasteiger partial charge in [0.15, 0.2) is 0 Å². The lowest BCUT2D eigenvalue weighted by Crippen LogP contribution is -2.17. The fourth-order valence-corrected chi connectivity index (χ4v) is 2.51. The van der Waals surface area contributed by atoms with Crippen LogP contribution in [0, 0.1) is 0 Å². The van der Waals surface area contributed by atoms with E-state index in [0.29, 0.717) is 12.5 Å². The van der Waals surface area contributed by atoms with E-state index in [1.807, 2.05) is 0 Å². The third-order valence-electron chi connectivity index (χ3n) is 3.55. The Morgan fingerprint density at radius 3 is 2.47 bits per heavy atom. The lowest BCUT2D eigenvalue weighted by atomic mass is 10.0. The average Bonchev–Trinajstić information content (AvgIpc) is 2.85. The van der Waals surface area contributed by atoms with Crippen molar-refractivity contribution < 1.29 is 9.90 Å². The third-order valence-corrected chi connectivity index (χ3v) is 3.55. The standard InChI is InChI=1S/C14H20N2O.CH4O/c1-16-10-2-3-13(16)12-7-4-11(5-8-12)6-9-14(15)17;1-2/h4-5,7-8,13H,2-3,6,9-10H2,1H3,(H2,15,17);2H,1H3/t13-;/m1./s1. The van der Waals surface area contributed by atoms with Crippen LogP contribution in [0.3, 0.4) is 0 Å². The molecule has 0 spiro atoms. The van der Waals surface area contributed by atoms with Gasteiger partial charge in [-0.15, -0.1) is 0 Å². The van der Waals surface area contributed by atoms with Gasteiger partial charge in [-0.25, -0.2) is 0 Å². The van der Waals surface area contributed by atoms with Gasteiger partial charge < -0.3 is 10.8 Å². The Morgan fingerprint density at radius 2 is 2.00 bits per heavy atom. The number of aliphatic hydroxyl groups is 1. The molecule has 1 atom stereocenters. The molecule has 106 valence electrons. The smallest absolute Gasteiger partial charge is 0.217 e. The number of aryl methyl sites for hydroxylation is 1. The maximum atomic E-state index is 10.7. The highest BCUT2D eigenvalue weighted by Crippen LogP contribution is 2.30. The zero-order chi connectivity index (χ0) is 14.3. The Balaban J connectivity index is 0.000000861. The highest BCUT2D eigenvalue weighted by Gasteiger charge is 2.21. The van der Waals surface area contributed by atoms with Crippen LogP contribution in [0.1, 0.15) is 36.4 Å². The molecule has 1 saturated heterocycles. The predicted molar refractivity (Wildman–Crippen MR) is 76.7 cm³/mol. The van der Waals surface area contributed by atoms with E-state index in [0.717, 1.165) is 13.5 Å². The Hall–Kier alpha value is -1.39. The van der Waals surface area contributed by atoms with Crippen molar-refractivity contribution in [1.29, 1.82) is 0 Å². The molecule has 0 radical (unpaired) electrons. The number of benzene rings is 1. The molecule has 0 bridgehead atoms. The van der Waals surface area contributed by atoms with Gasteiger partial charge in [0.25, 0.3) is 0 Å². The van der Waals surface area contributed by atoms with Crippen LogP contribution >= 0.6 is 0 Å². The summed E-state index contributed by atoms with van der Waals surface area (Å²) in [5.41, 5.74) is 7.71. The van der Waals surface area contributed by atoms with Crippen molar-refractivity contribution in [3.05, 3.63) is 35.4 Å². The normalized spacial score (nSPS) is 18.8. The number of carbonyl (C=O) groups is 1. The number of aliphatic hydroxyl groups excluding tert-OH is 1. The van der Waals surface area contributed by atoms with Gasteiger partial charge in [-0.1, -0.05) is 24.3 Å². The summed E-state index contributed by atoms with van der Waals surface area (Å²) >= 11 is 0. The van der Waals surface area contributed by atoms with E-state index in [-0.39, 0.29) is 5.91 Å². The zero-order valence-corrected chi connectivity index (χ0v) is 11.8. The molecular formula is C15H24N2O2. The second-order valence-electron chi connectivity index (χ2n) is 4.85. The number of primary amides is 1. The Labute approximate surface area is 115 Å². The fourth-order valence-electron chi connectivity index (χ4n) is 2.51. The predicted octanol–water partition coefficient (Wildman–Crippen LogP) is 1.48. The first-order valence-corrected chi connectivity index (χ1v) is 6.69. The number of likely N-dealkylation sites (tertiary alicyclic amines) is 1. The van der Waals surface area contributed by atoms with Crippen LogP contribution in [0.2, 0.25) is 0 Å². The molecule has 0 aromatic heterocycles. The summed E-state index contributed by atoms with van der Waals surface area (Å²) in [5, 5.41) is 7.00. The molecule has 1 heterocycles. The monoisotopic (exact) mass is 264 g/mol. The Morgan fingerprint density at radius 1 is 1.37 bits per heavy atom. The van der Waals surface area contributed by atoms with Crippen LogP contribution in [-0.2, 0) is 11.2 Å². The second kappa shape index (κ2) is 7.92. The van der Waals surface area contributed by atoms with Crippen molar-refractivity contribution in [2.45, 2.75) is 31.7 Å². The van der Waals surface area contributed by atoms with Crippen molar-refractivity contribution in [3.63, 3.8) is 0 Å². The largest absolute Gasteiger partial charge is 0.400 e. The number of rotatable bonds is 4. The molecule has 19 heavy (non-hydrogen) atoms. The molecule has 1 amide bonds. The van der Waals surface area contributed by atoms with Crippen LogP contribution in [-0.4, -0.2) is 36.6 Å². The average molecular weight is 264 g/mol. The summed E-state index contributed by atoms with van der Waals surface area (Å²) in [5.74, 6) is -0.232. The molecule has 1 aromatic rings. The van der Waals surface area contributed by atoms with Gasteiger partial charge in [0.1, 0.15) is 0 Å². The maximum Gasteiger partial charge on any atom is 0.217 e. The highest BCUT2D eigenvalue weighted by molar-refractivity contribution is 5.73. The minimum absolute atomic E-state index is 0.232. The van der Waals surface area contributed by atoms with Crippen molar-refractivity contribution in [2.75, 3.05) is 20.7 Å². The number of nitrogens with two attached hydrogens (primary N) is 1. The van der Waals surface area contributed by atoms with E-state index in [9.17, 15) is 4.79 Å². The minimum atomic E-state index is -0.232. The number of amides is 1. The summed E-state index contributed by atoms with van der Waals surface area (Å²) in [7, 11) is 3.18. The number of hydrogen-bond donors (Lipinski definition) is 2. The third kappa shape index (κ3) is 4.65. The minimum Gasteiger partial charge on any atom is -0.400 e. The lowest BCUT2D eigenvalue weighted by molar-refractivity contribution is -0.117. The molecule has 0 saturated carbocycles. The van der Waals surface area contributed by atoms with Gasteiger partial charge in [0.05, 0.1) is 0 Å². The van der Waals surface area contributed by atoms with Crippen LogP contribution < -0.4 is 5.73 Å². The first-order chi connectivity index (χ1) is 9.16. The van der Waals surface area contributed by atoms with Crippen molar-refractivity contribution >= 4 is 5.91 Å². The Kier molecular flexibility index (Phi) is 6.53. The van der Waals surface area contributed by atoms with E-state index >= 15 is 0 Å². The van der Waals surface area contributed by atoms with Crippen molar-refractivity contribution in [3.8, 4) is 0 Å². The van der Waals surface area contributed by atoms with Crippen LogP contribution in [0.5, 0.6) is 0 Å². The molecule has 2 rings (SSSR count). The van der Waals surface area contributed by atoms with Crippen LogP contribution in [0.25, 0.3) is 0 Å². The molecule has 0 aliphatic carbocycles. The van der Waals surface area contributed by atoms with Gasteiger partial charge in [-0.3, -0.25) is 9.69 Å². The molecule has 1 fully saturated rings. The first-order valence-electron chi connectivity index (χ1n) is 6.69. The van der Waals surface area contributed by atoms with Gasteiger partial charge in [0, 0.05) is 19.6 Å². The fraction of sp³-hybridized carbons (Fsp3) is 0.533.